The molecule has 3 N–H and O–H groups in total. The van der Waals surface area contributed by atoms with Gasteiger partial charge in [0, 0.05) is 22.6 Å². The number of hydrogen-bond acceptors (Lipinski definition) is 3. The number of halogens is 1. The molecule has 0 aromatic heterocycles. The van der Waals surface area contributed by atoms with E-state index in [1.54, 1.807) is 0 Å². The van der Waals surface area contributed by atoms with Crippen LogP contribution in [0.2, 0.25) is 0 Å². The van der Waals surface area contributed by atoms with E-state index in [1.807, 2.05) is 11.8 Å². The molecule has 0 unspecified atom stereocenters. The predicted octanol–water partition coefficient (Wildman–Crippen LogP) is 3.68. The summed E-state index contributed by atoms with van der Waals surface area (Å²) in [6, 6.07) is 8.70. The third-order valence-corrected chi connectivity index (χ3v) is 5.58. The molecule has 124 valence electrons. The van der Waals surface area contributed by atoms with Gasteiger partial charge < -0.3 is 11.1 Å². The summed E-state index contributed by atoms with van der Waals surface area (Å²) in [5.74, 6) is 0.135. The smallest absolute Gasteiger partial charge is 0.220 e. The molecule has 22 heavy (non-hydrogen) atoms. The second-order valence-corrected chi connectivity index (χ2v) is 7.52. The first-order valence-electron chi connectivity index (χ1n) is 7.86. The molecule has 5 heteroatoms. The Morgan fingerprint density at radius 3 is 2.50 bits per heavy atom. The fourth-order valence-electron chi connectivity index (χ4n) is 2.80. The molecule has 2 rings (SSSR count). The molecule has 1 aromatic carbocycles. The van der Waals surface area contributed by atoms with Crippen molar-refractivity contribution in [2.24, 2.45) is 5.73 Å². The van der Waals surface area contributed by atoms with Gasteiger partial charge in [-0.1, -0.05) is 30.5 Å². The largest absolute Gasteiger partial charge is 0.355 e. The van der Waals surface area contributed by atoms with Gasteiger partial charge in [-0.15, -0.1) is 24.2 Å². The van der Waals surface area contributed by atoms with E-state index in [9.17, 15) is 4.79 Å². The minimum absolute atomic E-state index is 0. The lowest BCUT2D eigenvalue weighted by Gasteiger charge is -2.28. The van der Waals surface area contributed by atoms with Crippen LogP contribution in [0.1, 0.15) is 44.1 Å². The molecular weight excluding hydrogens is 316 g/mol. The molecule has 0 spiro atoms. The van der Waals surface area contributed by atoms with Gasteiger partial charge in [-0.2, -0.15) is 0 Å². The Bertz CT molecular complexity index is 458. The van der Waals surface area contributed by atoms with E-state index in [1.165, 1.54) is 36.1 Å². The molecule has 0 aliphatic heterocycles. The fourth-order valence-corrected chi connectivity index (χ4v) is 4.21. The summed E-state index contributed by atoms with van der Waals surface area (Å²) >= 11 is 1.93. The maximum atomic E-state index is 11.8. The zero-order chi connectivity index (χ0) is 15.1. The summed E-state index contributed by atoms with van der Waals surface area (Å²) < 4.78 is 0.174. The minimum atomic E-state index is 0. The maximum Gasteiger partial charge on any atom is 0.220 e. The van der Waals surface area contributed by atoms with Crippen LogP contribution in [0.5, 0.6) is 0 Å². The number of rotatable bonds is 7. The highest BCUT2D eigenvalue weighted by molar-refractivity contribution is 8.00. The first kappa shape index (κ1) is 19.3. The SMILES string of the molecule is Cc1ccc(SC2(CNC(=O)CCCN)CCCC2)cc1.Cl. The molecule has 0 bridgehead atoms. The molecule has 0 saturated heterocycles. The number of aryl methyl sites for hydroxylation is 1. The first-order valence-corrected chi connectivity index (χ1v) is 8.68. The van der Waals surface area contributed by atoms with Gasteiger partial charge >= 0.3 is 0 Å². The van der Waals surface area contributed by atoms with Gasteiger partial charge in [0.15, 0.2) is 0 Å². The lowest BCUT2D eigenvalue weighted by molar-refractivity contribution is -0.121. The second kappa shape index (κ2) is 9.43. The lowest BCUT2D eigenvalue weighted by Crippen LogP contribution is -2.38. The predicted molar refractivity (Wildman–Crippen MR) is 96.8 cm³/mol. The Kier molecular flexibility index (Phi) is 8.29. The van der Waals surface area contributed by atoms with Crippen LogP contribution in [0, 0.1) is 6.92 Å². The van der Waals surface area contributed by atoms with E-state index < -0.39 is 0 Å². The van der Waals surface area contributed by atoms with Crippen LogP contribution < -0.4 is 11.1 Å². The van der Waals surface area contributed by atoms with E-state index in [0.717, 1.165) is 13.0 Å². The number of amides is 1. The first-order chi connectivity index (χ1) is 10.1. The van der Waals surface area contributed by atoms with E-state index >= 15 is 0 Å². The van der Waals surface area contributed by atoms with Crippen LogP contribution >= 0.6 is 24.2 Å². The Hall–Kier alpha value is -0.710. The highest BCUT2D eigenvalue weighted by atomic mass is 35.5. The molecule has 1 aliphatic carbocycles. The minimum Gasteiger partial charge on any atom is -0.355 e. The van der Waals surface area contributed by atoms with Gasteiger partial charge in [0.05, 0.1) is 0 Å². The van der Waals surface area contributed by atoms with Gasteiger partial charge in [0.25, 0.3) is 0 Å². The summed E-state index contributed by atoms with van der Waals surface area (Å²) in [5, 5.41) is 3.12. The third kappa shape index (κ3) is 5.82. The summed E-state index contributed by atoms with van der Waals surface area (Å²) in [5.41, 5.74) is 6.74. The van der Waals surface area contributed by atoms with Crippen molar-refractivity contribution in [2.75, 3.05) is 13.1 Å². The zero-order valence-corrected chi connectivity index (χ0v) is 14.9. The number of hydrogen-bond donors (Lipinski definition) is 2. The van der Waals surface area contributed by atoms with Crippen molar-refractivity contribution in [3.05, 3.63) is 29.8 Å². The van der Waals surface area contributed by atoms with Crippen LogP contribution in [0.15, 0.2) is 29.2 Å². The number of nitrogens with one attached hydrogen (secondary N) is 1. The van der Waals surface area contributed by atoms with E-state index in [0.29, 0.717) is 13.0 Å². The zero-order valence-electron chi connectivity index (χ0n) is 13.3. The maximum absolute atomic E-state index is 11.8. The Labute approximate surface area is 144 Å². The molecule has 3 nitrogen and oxygen atoms in total. The van der Waals surface area contributed by atoms with Gasteiger partial charge in [-0.25, -0.2) is 0 Å². The van der Waals surface area contributed by atoms with Gasteiger partial charge in [-0.05, 0) is 44.9 Å². The summed E-state index contributed by atoms with van der Waals surface area (Å²) in [7, 11) is 0. The summed E-state index contributed by atoms with van der Waals surface area (Å²) in [4.78, 5) is 13.1. The lowest BCUT2D eigenvalue weighted by atomic mass is 10.1. The Morgan fingerprint density at radius 1 is 1.27 bits per heavy atom. The normalized spacial score (nSPS) is 16.1. The van der Waals surface area contributed by atoms with Crippen LogP contribution in [-0.2, 0) is 4.79 Å². The molecular formula is C17H27ClN2OS. The second-order valence-electron chi connectivity index (χ2n) is 5.97. The Balaban J connectivity index is 0.00000242. The van der Waals surface area contributed by atoms with Crippen molar-refractivity contribution in [3.8, 4) is 0 Å². The van der Waals surface area contributed by atoms with Crippen molar-refractivity contribution in [1.29, 1.82) is 0 Å². The van der Waals surface area contributed by atoms with Gasteiger partial charge in [0.1, 0.15) is 0 Å². The number of carbonyl (C=O) groups excluding carboxylic acids is 1. The van der Waals surface area contributed by atoms with Crippen molar-refractivity contribution < 1.29 is 4.79 Å². The Morgan fingerprint density at radius 2 is 1.91 bits per heavy atom. The van der Waals surface area contributed by atoms with E-state index in [2.05, 4.69) is 36.5 Å². The monoisotopic (exact) mass is 342 g/mol. The summed E-state index contributed by atoms with van der Waals surface area (Å²) in [6.45, 7) is 3.46. The number of thioether (sulfide) groups is 1. The quantitative estimate of drug-likeness (QED) is 0.794. The van der Waals surface area contributed by atoms with Crippen molar-refractivity contribution in [3.63, 3.8) is 0 Å². The van der Waals surface area contributed by atoms with Crippen molar-refractivity contribution >= 4 is 30.1 Å². The molecule has 0 radical (unpaired) electrons. The summed E-state index contributed by atoms with van der Waals surface area (Å²) in [6.07, 6.45) is 6.20. The average Bonchev–Trinajstić information content (AvgIpc) is 2.94. The van der Waals surface area contributed by atoms with Crippen molar-refractivity contribution in [2.45, 2.75) is 55.1 Å². The molecule has 0 atom stereocenters. The molecule has 1 aliphatic rings. The third-order valence-electron chi connectivity index (χ3n) is 4.09. The molecule has 0 heterocycles. The van der Waals surface area contributed by atoms with E-state index in [-0.39, 0.29) is 23.1 Å². The molecule has 1 amide bonds. The van der Waals surface area contributed by atoms with Crippen LogP contribution in [0.3, 0.4) is 0 Å². The number of carbonyl (C=O) groups is 1. The topological polar surface area (TPSA) is 55.1 Å². The highest BCUT2D eigenvalue weighted by Gasteiger charge is 2.35. The van der Waals surface area contributed by atoms with Gasteiger partial charge in [0.2, 0.25) is 5.91 Å². The number of nitrogens with two attached hydrogens (primary N) is 1. The van der Waals surface area contributed by atoms with Crippen LogP contribution in [-0.4, -0.2) is 23.7 Å². The molecule has 1 aromatic rings. The fraction of sp³-hybridized carbons (Fsp3) is 0.588. The van der Waals surface area contributed by atoms with E-state index in [4.69, 9.17) is 5.73 Å². The average molecular weight is 343 g/mol. The highest BCUT2D eigenvalue weighted by Crippen LogP contribution is 2.44. The number of benzene rings is 1. The van der Waals surface area contributed by atoms with Gasteiger partial charge in [-0.3, -0.25) is 4.79 Å². The van der Waals surface area contributed by atoms with Crippen LogP contribution in [0.25, 0.3) is 0 Å². The molecule has 1 saturated carbocycles. The van der Waals surface area contributed by atoms with Crippen LogP contribution in [0.4, 0.5) is 0 Å². The molecule has 1 fully saturated rings. The van der Waals surface area contributed by atoms with Crippen molar-refractivity contribution in [1.82, 2.24) is 5.32 Å². The standard InChI is InChI=1S/C17H26N2OS.ClH/c1-14-6-8-15(9-7-14)21-17(10-2-3-11-17)13-19-16(20)5-4-12-18;/h6-9H,2-5,10-13,18H2,1H3,(H,19,20);1H.